The fourth-order valence-corrected chi connectivity index (χ4v) is 6.07. The topological polar surface area (TPSA) is 101 Å². The number of aryl methyl sites for hydroxylation is 1. The normalized spacial score (nSPS) is 16.9. The van der Waals surface area contributed by atoms with Crippen molar-refractivity contribution in [3.8, 4) is 0 Å². The standard InChI is InChI=1S/C21H18N4O4S2/c1-24-11-10-22-21(24)30-16-7-3-14(4-8-16)23-19(26)13-2-9-17-18(12-13)31(28,29)25(20(17)27)15-5-6-15/h2-4,7-12,15H,5-6H2,1H3,(H,23,26). The highest BCUT2D eigenvalue weighted by atomic mass is 32.2. The van der Waals surface area contributed by atoms with Crippen LogP contribution in [0.1, 0.15) is 33.6 Å². The lowest BCUT2D eigenvalue weighted by Crippen LogP contribution is -2.31. The molecule has 0 saturated heterocycles. The Morgan fingerprint density at radius 1 is 1.16 bits per heavy atom. The number of carbonyl (C=O) groups is 2. The van der Waals surface area contributed by atoms with Crippen LogP contribution in [0.4, 0.5) is 5.69 Å². The summed E-state index contributed by atoms with van der Waals surface area (Å²) in [6.45, 7) is 0. The number of hydrogen-bond donors (Lipinski definition) is 1. The average Bonchev–Trinajstić information content (AvgIpc) is 3.46. The van der Waals surface area contributed by atoms with Crippen LogP contribution in [0.3, 0.4) is 0 Å². The first kappa shape index (κ1) is 19.8. The van der Waals surface area contributed by atoms with E-state index in [0.29, 0.717) is 18.5 Å². The Hall–Kier alpha value is -3.11. The van der Waals surface area contributed by atoms with Crippen molar-refractivity contribution in [2.45, 2.75) is 33.8 Å². The first-order valence-electron chi connectivity index (χ1n) is 9.64. The maximum absolute atomic E-state index is 12.8. The van der Waals surface area contributed by atoms with Crippen LogP contribution in [-0.4, -0.2) is 40.1 Å². The van der Waals surface area contributed by atoms with Crippen LogP contribution in [-0.2, 0) is 17.1 Å². The van der Waals surface area contributed by atoms with Gasteiger partial charge >= 0.3 is 0 Å². The van der Waals surface area contributed by atoms with Gasteiger partial charge in [0.15, 0.2) is 5.16 Å². The number of carbonyl (C=O) groups excluding carboxylic acids is 2. The van der Waals surface area contributed by atoms with Gasteiger partial charge in [0.1, 0.15) is 4.90 Å². The molecule has 3 aromatic rings. The monoisotopic (exact) mass is 454 g/mol. The molecule has 2 amide bonds. The molecule has 1 aliphatic carbocycles. The zero-order valence-corrected chi connectivity index (χ0v) is 18.1. The van der Waals surface area contributed by atoms with Crippen molar-refractivity contribution < 1.29 is 18.0 Å². The molecule has 10 heteroatoms. The second kappa shape index (κ2) is 7.24. The number of benzene rings is 2. The zero-order chi connectivity index (χ0) is 21.8. The molecule has 5 rings (SSSR count). The highest BCUT2D eigenvalue weighted by molar-refractivity contribution is 7.99. The van der Waals surface area contributed by atoms with E-state index >= 15 is 0 Å². The van der Waals surface area contributed by atoms with Crippen molar-refractivity contribution in [3.63, 3.8) is 0 Å². The number of imidazole rings is 1. The second-order valence-corrected chi connectivity index (χ2v) is 10.3. The molecule has 1 N–H and O–H groups in total. The molecule has 0 radical (unpaired) electrons. The molecule has 158 valence electrons. The van der Waals surface area contributed by atoms with E-state index in [1.807, 2.05) is 29.9 Å². The Morgan fingerprint density at radius 2 is 1.90 bits per heavy atom. The molecule has 2 aromatic carbocycles. The van der Waals surface area contributed by atoms with Crippen molar-refractivity contribution >= 4 is 39.3 Å². The van der Waals surface area contributed by atoms with E-state index in [4.69, 9.17) is 0 Å². The van der Waals surface area contributed by atoms with Gasteiger partial charge in [-0.05, 0) is 55.3 Å². The summed E-state index contributed by atoms with van der Waals surface area (Å²) in [7, 11) is -1.99. The van der Waals surface area contributed by atoms with Crippen LogP contribution in [0.5, 0.6) is 0 Å². The molecule has 0 atom stereocenters. The van der Waals surface area contributed by atoms with Gasteiger partial charge in [-0.15, -0.1) is 0 Å². The van der Waals surface area contributed by atoms with Crippen molar-refractivity contribution in [2.75, 3.05) is 5.32 Å². The number of rotatable bonds is 5. The second-order valence-electron chi connectivity index (χ2n) is 7.45. The van der Waals surface area contributed by atoms with Gasteiger partial charge in [0.05, 0.1) is 5.56 Å². The van der Waals surface area contributed by atoms with Crippen LogP contribution in [0.15, 0.2) is 69.8 Å². The summed E-state index contributed by atoms with van der Waals surface area (Å²) in [5.74, 6) is -0.954. The number of aromatic nitrogens is 2. The van der Waals surface area contributed by atoms with Crippen LogP contribution in [0.25, 0.3) is 0 Å². The number of sulfonamides is 1. The summed E-state index contributed by atoms with van der Waals surface area (Å²) in [4.78, 5) is 30.3. The van der Waals surface area contributed by atoms with Gasteiger partial charge in [-0.2, -0.15) is 0 Å². The van der Waals surface area contributed by atoms with Gasteiger partial charge < -0.3 is 9.88 Å². The summed E-state index contributed by atoms with van der Waals surface area (Å²) < 4.78 is 28.4. The van der Waals surface area contributed by atoms with Crippen LogP contribution >= 0.6 is 11.8 Å². The van der Waals surface area contributed by atoms with Gasteiger partial charge in [-0.25, -0.2) is 17.7 Å². The average molecular weight is 455 g/mol. The molecule has 1 fully saturated rings. The number of fused-ring (bicyclic) bond motifs is 1. The molecular formula is C21H18N4O4S2. The first-order valence-corrected chi connectivity index (χ1v) is 11.9. The third kappa shape index (κ3) is 3.51. The van der Waals surface area contributed by atoms with Gasteiger partial charge in [-0.3, -0.25) is 9.59 Å². The highest BCUT2D eigenvalue weighted by Crippen LogP contribution is 2.39. The SMILES string of the molecule is Cn1ccnc1Sc1ccc(NC(=O)c2ccc3c(c2)S(=O)(=O)N(C2CC2)C3=O)cc1. The molecule has 0 unspecified atom stereocenters. The number of nitrogens with one attached hydrogen (secondary N) is 1. The van der Waals surface area contributed by atoms with Crippen LogP contribution in [0.2, 0.25) is 0 Å². The number of nitrogens with zero attached hydrogens (tertiary/aromatic N) is 3. The summed E-state index contributed by atoms with van der Waals surface area (Å²) in [5, 5.41) is 3.62. The quantitative estimate of drug-likeness (QED) is 0.636. The minimum atomic E-state index is -3.90. The summed E-state index contributed by atoms with van der Waals surface area (Å²) in [6, 6.07) is 11.2. The number of amides is 2. The van der Waals surface area contributed by atoms with Gasteiger partial charge in [0, 0.05) is 41.6 Å². The molecule has 1 aromatic heterocycles. The lowest BCUT2D eigenvalue weighted by molar-refractivity contribution is 0.0864. The Bertz CT molecular complexity index is 1310. The third-order valence-corrected chi connectivity index (χ3v) is 8.15. The lowest BCUT2D eigenvalue weighted by atomic mass is 10.1. The summed E-state index contributed by atoms with van der Waals surface area (Å²) in [6.07, 6.45) is 4.96. The molecule has 2 aliphatic rings. The molecule has 31 heavy (non-hydrogen) atoms. The first-order chi connectivity index (χ1) is 14.8. The third-order valence-electron chi connectivity index (χ3n) is 5.19. The predicted molar refractivity (Wildman–Crippen MR) is 115 cm³/mol. The highest BCUT2D eigenvalue weighted by Gasteiger charge is 2.48. The molecular weight excluding hydrogens is 436 g/mol. The molecule has 0 bridgehead atoms. The molecule has 1 saturated carbocycles. The fourth-order valence-electron chi connectivity index (χ4n) is 3.42. The minimum absolute atomic E-state index is 0.0983. The zero-order valence-electron chi connectivity index (χ0n) is 16.5. The molecule has 0 spiro atoms. The predicted octanol–water partition coefficient (Wildman–Crippen LogP) is 3.13. The van der Waals surface area contributed by atoms with Crippen molar-refractivity contribution in [1.29, 1.82) is 0 Å². The van der Waals surface area contributed by atoms with Crippen LogP contribution < -0.4 is 5.32 Å². The van der Waals surface area contributed by atoms with Crippen LogP contribution in [0, 0.1) is 0 Å². The van der Waals surface area contributed by atoms with E-state index in [-0.39, 0.29) is 22.1 Å². The maximum atomic E-state index is 12.8. The van der Waals surface area contributed by atoms with Gasteiger partial charge in [0.2, 0.25) is 0 Å². The van der Waals surface area contributed by atoms with E-state index in [0.717, 1.165) is 14.4 Å². The Balaban J connectivity index is 1.33. The summed E-state index contributed by atoms with van der Waals surface area (Å²) >= 11 is 1.50. The Morgan fingerprint density at radius 3 is 2.55 bits per heavy atom. The van der Waals surface area contributed by atoms with Gasteiger partial charge in [0.25, 0.3) is 21.8 Å². The van der Waals surface area contributed by atoms with Crippen molar-refractivity contribution in [2.24, 2.45) is 7.05 Å². The smallest absolute Gasteiger partial charge is 0.269 e. The number of hydrogen-bond acceptors (Lipinski definition) is 6. The lowest BCUT2D eigenvalue weighted by Gasteiger charge is -2.13. The fraction of sp³-hybridized carbons (Fsp3) is 0.190. The Labute approximate surface area is 183 Å². The molecule has 1 aliphatic heterocycles. The maximum Gasteiger partial charge on any atom is 0.269 e. The van der Waals surface area contributed by atoms with E-state index in [2.05, 4.69) is 10.3 Å². The molecule has 8 nitrogen and oxygen atoms in total. The Kier molecular flexibility index (Phi) is 4.63. The van der Waals surface area contributed by atoms with Crippen molar-refractivity contribution in [1.82, 2.24) is 13.9 Å². The van der Waals surface area contributed by atoms with E-state index in [1.165, 1.54) is 30.0 Å². The summed E-state index contributed by atoms with van der Waals surface area (Å²) in [5.41, 5.74) is 0.881. The van der Waals surface area contributed by atoms with E-state index in [9.17, 15) is 18.0 Å². The van der Waals surface area contributed by atoms with E-state index < -0.39 is 21.8 Å². The van der Waals surface area contributed by atoms with E-state index in [1.54, 1.807) is 18.3 Å². The largest absolute Gasteiger partial charge is 0.329 e. The number of anilines is 1. The molecule has 2 heterocycles. The minimum Gasteiger partial charge on any atom is -0.329 e. The van der Waals surface area contributed by atoms with Gasteiger partial charge in [-0.1, -0.05) is 11.8 Å². The van der Waals surface area contributed by atoms with Crippen molar-refractivity contribution in [3.05, 3.63) is 66.0 Å².